The molecule has 25 heavy (non-hydrogen) atoms. The van der Waals surface area contributed by atoms with E-state index in [2.05, 4.69) is 21.7 Å². The molecule has 0 aliphatic heterocycles. The minimum absolute atomic E-state index is 0.0910. The number of thioether (sulfide) groups is 1. The number of rotatable bonds is 5. The fraction of sp³-hybridized carbons (Fsp3) is 0.167. The van der Waals surface area contributed by atoms with E-state index < -0.39 is 0 Å². The zero-order chi connectivity index (χ0) is 17.8. The summed E-state index contributed by atoms with van der Waals surface area (Å²) in [7, 11) is 0. The summed E-state index contributed by atoms with van der Waals surface area (Å²) in [6.45, 7) is 3.50. The Morgan fingerprint density at radius 3 is 2.60 bits per heavy atom. The molecule has 0 saturated heterocycles. The van der Waals surface area contributed by atoms with Gasteiger partial charge in [0.15, 0.2) is 5.13 Å². The highest BCUT2D eigenvalue weighted by Gasteiger charge is 2.09. The first kappa shape index (κ1) is 17.4. The van der Waals surface area contributed by atoms with Crippen molar-refractivity contribution in [2.45, 2.75) is 18.7 Å². The summed E-state index contributed by atoms with van der Waals surface area (Å²) < 4.78 is 1.07. The van der Waals surface area contributed by atoms with Crippen LogP contribution in [0.3, 0.4) is 0 Å². The molecule has 128 valence electrons. The molecule has 0 aliphatic rings. The number of aromatic nitrogens is 1. The number of nitrogens with zero attached hydrogens (tertiary/aromatic N) is 1. The molecule has 0 fully saturated rings. The van der Waals surface area contributed by atoms with Gasteiger partial charge in [-0.3, -0.25) is 9.59 Å². The van der Waals surface area contributed by atoms with Crippen molar-refractivity contribution in [3.05, 3.63) is 48.0 Å². The molecule has 0 unspecified atom stereocenters. The number of benzene rings is 2. The van der Waals surface area contributed by atoms with Crippen LogP contribution in [0, 0.1) is 6.92 Å². The lowest BCUT2D eigenvalue weighted by Gasteiger charge is -2.04. The highest BCUT2D eigenvalue weighted by Crippen LogP contribution is 2.27. The van der Waals surface area contributed by atoms with Gasteiger partial charge in [-0.1, -0.05) is 17.4 Å². The van der Waals surface area contributed by atoms with E-state index in [4.69, 9.17) is 0 Å². The van der Waals surface area contributed by atoms with E-state index in [0.717, 1.165) is 20.8 Å². The van der Waals surface area contributed by atoms with Crippen molar-refractivity contribution < 1.29 is 9.59 Å². The largest absolute Gasteiger partial charge is 0.326 e. The third kappa shape index (κ3) is 4.80. The Bertz CT molecular complexity index is 920. The number of anilines is 2. The first-order chi connectivity index (χ1) is 12.0. The highest BCUT2D eigenvalue weighted by molar-refractivity contribution is 8.00. The standard InChI is InChI=1S/C18H17N3O2S2/c1-11-3-8-15-16(9-11)25-18(20-15)21-17(23)10-24-14-6-4-13(5-7-14)19-12(2)22/h3-9H,10H2,1-2H3,(H,19,22)(H,20,21,23). The normalized spacial score (nSPS) is 10.6. The lowest BCUT2D eigenvalue weighted by atomic mass is 10.2. The minimum atomic E-state index is -0.106. The van der Waals surface area contributed by atoms with Crippen LogP contribution in [0.1, 0.15) is 12.5 Å². The van der Waals surface area contributed by atoms with E-state index in [1.54, 1.807) is 0 Å². The number of carbonyl (C=O) groups is 2. The monoisotopic (exact) mass is 371 g/mol. The van der Waals surface area contributed by atoms with E-state index >= 15 is 0 Å². The minimum Gasteiger partial charge on any atom is -0.326 e. The van der Waals surface area contributed by atoms with Crippen molar-refractivity contribution >= 4 is 55.9 Å². The van der Waals surface area contributed by atoms with Crippen LogP contribution in [-0.2, 0) is 9.59 Å². The molecule has 1 aromatic heterocycles. The molecule has 0 atom stereocenters. The molecule has 1 heterocycles. The maximum atomic E-state index is 12.1. The third-order valence-electron chi connectivity index (χ3n) is 3.33. The number of hydrogen-bond donors (Lipinski definition) is 2. The molecule has 0 aliphatic carbocycles. The Kier molecular flexibility index (Phi) is 5.35. The second-order valence-corrected chi connectivity index (χ2v) is 7.61. The smallest absolute Gasteiger partial charge is 0.236 e. The topological polar surface area (TPSA) is 71.1 Å². The molecular weight excluding hydrogens is 354 g/mol. The van der Waals surface area contributed by atoms with Crippen LogP contribution >= 0.6 is 23.1 Å². The Morgan fingerprint density at radius 1 is 1.12 bits per heavy atom. The van der Waals surface area contributed by atoms with Crippen molar-refractivity contribution in [1.29, 1.82) is 0 Å². The van der Waals surface area contributed by atoms with Crippen LogP contribution in [0.2, 0.25) is 0 Å². The summed E-state index contributed by atoms with van der Waals surface area (Å²) in [4.78, 5) is 28.5. The van der Waals surface area contributed by atoms with Crippen molar-refractivity contribution in [2.75, 3.05) is 16.4 Å². The molecule has 2 amide bonds. The molecule has 3 rings (SSSR count). The van der Waals surface area contributed by atoms with Gasteiger partial charge in [0.05, 0.1) is 16.0 Å². The summed E-state index contributed by atoms with van der Waals surface area (Å²) in [5.41, 5.74) is 2.81. The lowest BCUT2D eigenvalue weighted by molar-refractivity contribution is -0.114. The number of aryl methyl sites for hydroxylation is 1. The number of carbonyl (C=O) groups excluding carboxylic acids is 2. The second kappa shape index (κ2) is 7.67. The average Bonchev–Trinajstić information content (AvgIpc) is 2.95. The van der Waals surface area contributed by atoms with Gasteiger partial charge in [0, 0.05) is 17.5 Å². The predicted molar refractivity (Wildman–Crippen MR) is 104 cm³/mol. The van der Waals surface area contributed by atoms with Crippen LogP contribution in [0.25, 0.3) is 10.2 Å². The average molecular weight is 371 g/mol. The number of thiazole rings is 1. The molecule has 2 aromatic carbocycles. The van der Waals surface area contributed by atoms with Gasteiger partial charge in [-0.25, -0.2) is 4.98 Å². The number of nitrogens with one attached hydrogen (secondary N) is 2. The van der Waals surface area contributed by atoms with E-state index in [0.29, 0.717) is 10.9 Å². The fourth-order valence-electron chi connectivity index (χ4n) is 2.23. The molecule has 0 radical (unpaired) electrons. The summed E-state index contributed by atoms with van der Waals surface area (Å²) >= 11 is 2.91. The second-order valence-electron chi connectivity index (χ2n) is 5.53. The molecular formula is C18H17N3O2S2. The molecule has 3 aromatic rings. The van der Waals surface area contributed by atoms with Crippen LogP contribution in [0.15, 0.2) is 47.4 Å². The van der Waals surface area contributed by atoms with E-state index in [1.807, 2.05) is 43.3 Å². The Hall–Kier alpha value is -2.38. The van der Waals surface area contributed by atoms with Gasteiger partial charge in [0.25, 0.3) is 0 Å². The van der Waals surface area contributed by atoms with Gasteiger partial charge < -0.3 is 10.6 Å². The van der Waals surface area contributed by atoms with Crippen LogP contribution in [-0.4, -0.2) is 22.6 Å². The van der Waals surface area contributed by atoms with Gasteiger partial charge in [-0.05, 0) is 48.9 Å². The van der Waals surface area contributed by atoms with Gasteiger partial charge >= 0.3 is 0 Å². The van der Waals surface area contributed by atoms with Gasteiger partial charge in [0.1, 0.15) is 0 Å². The lowest BCUT2D eigenvalue weighted by Crippen LogP contribution is -2.13. The van der Waals surface area contributed by atoms with Crippen LogP contribution in [0.5, 0.6) is 0 Å². The maximum Gasteiger partial charge on any atom is 0.236 e. The van der Waals surface area contributed by atoms with Crippen molar-refractivity contribution in [2.24, 2.45) is 0 Å². The quantitative estimate of drug-likeness (QED) is 0.656. The Morgan fingerprint density at radius 2 is 1.88 bits per heavy atom. The molecule has 5 nitrogen and oxygen atoms in total. The van der Waals surface area contributed by atoms with Crippen molar-refractivity contribution in [3.8, 4) is 0 Å². The van der Waals surface area contributed by atoms with Crippen molar-refractivity contribution in [3.63, 3.8) is 0 Å². The molecule has 2 N–H and O–H groups in total. The summed E-state index contributed by atoms with van der Waals surface area (Å²) in [6.07, 6.45) is 0. The van der Waals surface area contributed by atoms with Gasteiger partial charge in [-0.15, -0.1) is 11.8 Å². The number of fused-ring (bicyclic) bond motifs is 1. The number of amides is 2. The zero-order valence-corrected chi connectivity index (χ0v) is 15.5. The Labute approximate surface area is 153 Å². The van der Waals surface area contributed by atoms with E-state index in [-0.39, 0.29) is 11.8 Å². The first-order valence-corrected chi connectivity index (χ1v) is 9.47. The van der Waals surface area contributed by atoms with E-state index in [1.165, 1.54) is 35.6 Å². The Balaban J connectivity index is 1.55. The third-order valence-corrected chi connectivity index (χ3v) is 5.28. The summed E-state index contributed by atoms with van der Waals surface area (Å²) in [5.74, 6) is 0.103. The molecule has 7 heteroatoms. The van der Waals surface area contributed by atoms with E-state index in [9.17, 15) is 9.59 Å². The molecule has 0 saturated carbocycles. The predicted octanol–water partition coefficient (Wildman–Crippen LogP) is 4.29. The van der Waals surface area contributed by atoms with Gasteiger partial charge in [-0.2, -0.15) is 0 Å². The zero-order valence-electron chi connectivity index (χ0n) is 13.8. The first-order valence-electron chi connectivity index (χ1n) is 7.67. The SMILES string of the molecule is CC(=O)Nc1ccc(SCC(=O)Nc2nc3ccc(C)cc3s2)cc1. The maximum absolute atomic E-state index is 12.1. The summed E-state index contributed by atoms with van der Waals surface area (Å²) in [6, 6.07) is 13.4. The molecule has 0 spiro atoms. The van der Waals surface area contributed by atoms with Crippen molar-refractivity contribution in [1.82, 2.24) is 4.98 Å². The van der Waals surface area contributed by atoms with Crippen LogP contribution in [0.4, 0.5) is 10.8 Å². The van der Waals surface area contributed by atoms with Gasteiger partial charge in [0.2, 0.25) is 11.8 Å². The summed E-state index contributed by atoms with van der Waals surface area (Å²) in [5, 5.41) is 6.18. The molecule has 0 bridgehead atoms. The number of hydrogen-bond acceptors (Lipinski definition) is 5. The fourth-order valence-corrected chi connectivity index (χ4v) is 3.91. The van der Waals surface area contributed by atoms with Crippen LogP contribution < -0.4 is 10.6 Å². The highest BCUT2D eigenvalue weighted by atomic mass is 32.2.